The van der Waals surface area contributed by atoms with Gasteiger partial charge in [-0.3, -0.25) is 0 Å². The van der Waals surface area contributed by atoms with E-state index < -0.39 is 6.09 Å². The zero-order chi connectivity index (χ0) is 13.2. The maximum Gasteiger partial charge on any atom is 0.407 e. The molecule has 0 spiro atoms. The predicted molar refractivity (Wildman–Crippen MR) is 66.2 cm³/mol. The summed E-state index contributed by atoms with van der Waals surface area (Å²) in [5.74, 6) is 0.0831. The first-order valence-electron chi connectivity index (χ1n) is 5.88. The molecule has 1 amide bonds. The SMILES string of the molecule is CON=C1CCN(C(=O)O)C(C(C)(C)C)C1C. The number of nitrogens with zero attached hydrogens (tertiary/aromatic N) is 2. The summed E-state index contributed by atoms with van der Waals surface area (Å²) in [6, 6.07) is -0.0670. The molecule has 5 nitrogen and oxygen atoms in total. The molecule has 17 heavy (non-hydrogen) atoms. The molecule has 0 aromatic carbocycles. The van der Waals surface area contributed by atoms with Gasteiger partial charge in [0.2, 0.25) is 0 Å². The molecule has 1 heterocycles. The first-order chi connectivity index (χ1) is 7.79. The minimum absolute atomic E-state index is 0.0670. The molecule has 0 aromatic heterocycles. The molecule has 2 unspecified atom stereocenters. The monoisotopic (exact) mass is 242 g/mol. The van der Waals surface area contributed by atoms with Gasteiger partial charge in [0.25, 0.3) is 0 Å². The van der Waals surface area contributed by atoms with Gasteiger partial charge in [-0.05, 0) is 5.41 Å². The molecule has 0 bridgehead atoms. The molecule has 98 valence electrons. The van der Waals surface area contributed by atoms with Crippen LogP contribution in [0.4, 0.5) is 4.79 Å². The summed E-state index contributed by atoms with van der Waals surface area (Å²) in [5.41, 5.74) is 0.831. The van der Waals surface area contributed by atoms with Crippen LogP contribution in [0.25, 0.3) is 0 Å². The molecule has 1 saturated heterocycles. The molecule has 1 N–H and O–H groups in total. The van der Waals surface area contributed by atoms with Crippen molar-refractivity contribution in [2.45, 2.75) is 40.2 Å². The maximum absolute atomic E-state index is 11.3. The van der Waals surface area contributed by atoms with E-state index in [1.54, 1.807) is 0 Å². The molecule has 0 radical (unpaired) electrons. The molecule has 1 fully saturated rings. The van der Waals surface area contributed by atoms with Gasteiger partial charge in [0.05, 0.1) is 5.71 Å². The number of hydrogen-bond donors (Lipinski definition) is 1. The Morgan fingerprint density at radius 3 is 2.53 bits per heavy atom. The number of hydrogen-bond acceptors (Lipinski definition) is 3. The van der Waals surface area contributed by atoms with Gasteiger partial charge in [-0.15, -0.1) is 0 Å². The third-order valence-electron chi connectivity index (χ3n) is 3.29. The van der Waals surface area contributed by atoms with Crippen LogP contribution in [-0.2, 0) is 4.84 Å². The lowest BCUT2D eigenvalue weighted by Crippen LogP contribution is -2.56. The van der Waals surface area contributed by atoms with Crippen LogP contribution in [0.15, 0.2) is 5.16 Å². The van der Waals surface area contributed by atoms with E-state index in [4.69, 9.17) is 4.84 Å². The van der Waals surface area contributed by atoms with E-state index in [1.165, 1.54) is 12.0 Å². The number of rotatable bonds is 1. The Balaban J connectivity index is 3.04. The first-order valence-corrected chi connectivity index (χ1v) is 5.88. The zero-order valence-electron chi connectivity index (χ0n) is 11.2. The summed E-state index contributed by atoms with van der Waals surface area (Å²) in [5, 5.41) is 13.3. The standard InChI is InChI=1S/C12H22N2O3/c1-8-9(13-17-5)6-7-14(11(15)16)10(8)12(2,3)4/h8,10H,6-7H2,1-5H3,(H,15,16). The average Bonchev–Trinajstić information content (AvgIpc) is 2.18. The Kier molecular flexibility index (Phi) is 4.01. The van der Waals surface area contributed by atoms with Crippen molar-refractivity contribution < 1.29 is 14.7 Å². The second-order valence-corrected chi connectivity index (χ2v) is 5.59. The Morgan fingerprint density at radius 1 is 1.53 bits per heavy atom. The molecule has 1 aliphatic heterocycles. The fraction of sp³-hybridized carbons (Fsp3) is 0.833. The summed E-state index contributed by atoms with van der Waals surface area (Å²) in [7, 11) is 1.52. The molecule has 5 heteroatoms. The predicted octanol–water partition coefficient (Wildman–Crippen LogP) is 2.42. The van der Waals surface area contributed by atoms with Crippen LogP contribution in [0.5, 0.6) is 0 Å². The van der Waals surface area contributed by atoms with Crippen molar-refractivity contribution in [3.8, 4) is 0 Å². The Labute approximate surface area is 102 Å². The van der Waals surface area contributed by atoms with Gasteiger partial charge >= 0.3 is 6.09 Å². The summed E-state index contributed by atoms with van der Waals surface area (Å²) >= 11 is 0. The van der Waals surface area contributed by atoms with Crippen molar-refractivity contribution in [3.05, 3.63) is 0 Å². The summed E-state index contributed by atoms with van der Waals surface area (Å²) in [6.07, 6.45) is -0.207. The number of oxime groups is 1. The number of carboxylic acid groups (broad SMARTS) is 1. The van der Waals surface area contributed by atoms with Crippen LogP contribution in [0.1, 0.15) is 34.1 Å². The lowest BCUT2D eigenvalue weighted by molar-refractivity contribution is 0.0588. The van der Waals surface area contributed by atoms with E-state index >= 15 is 0 Å². The fourth-order valence-corrected chi connectivity index (χ4v) is 2.73. The molecule has 0 saturated carbocycles. The maximum atomic E-state index is 11.3. The van der Waals surface area contributed by atoms with Gasteiger partial charge in [0, 0.05) is 24.9 Å². The van der Waals surface area contributed by atoms with E-state index in [0.29, 0.717) is 13.0 Å². The Bertz CT molecular complexity index is 320. The highest BCUT2D eigenvalue weighted by Crippen LogP contribution is 2.34. The normalized spacial score (nSPS) is 28.3. The summed E-state index contributed by atoms with van der Waals surface area (Å²) < 4.78 is 0. The highest BCUT2D eigenvalue weighted by Gasteiger charge is 2.42. The molecule has 0 aliphatic carbocycles. The van der Waals surface area contributed by atoms with E-state index in [9.17, 15) is 9.90 Å². The third-order valence-corrected chi connectivity index (χ3v) is 3.29. The quantitative estimate of drug-likeness (QED) is 0.718. The minimum Gasteiger partial charge on any atom is -0.465 e. The van der Waals surface area contributed by atoms with Crippen LogP contribution in [0.2, 0.25) is 0 Å². The summed E-state index contributed by atoms with van der Waals surface area (Å²) in [6.45, 7) is 8.67. The molecule has 0 aromatic rings. The van der Waals surface area contributed by atoms with Gasteiger partial charge in [-0.2, -0.15) is 0 Å². The third kappa shape index (κ3) is 2.90. The fourth-order valence-electron chi connectivity index (χ4n) is 2.73. The smallest absolute Gasteiger partial charge is 0.407 e. The molecular formula is C12H22N2O3. The van der Waals surface area contributed by atoms with E-state index in [2.05, 4.69) is 25.9 Å². The highest BCUT2D eigenvalue weighted by molar-refractivity contribution is 5.89. The topological polar surface area (TPSA) is 62.1 Å². The van der Waals surface area contributed by atoms with Gasteiger partial charge in [-0.25, -0.2) is 4.79 Å². The Morgan fingerprint density at radius 2 is 2.12 bits per heavy atom. The average molecular weight is 242 g/mol. The molecular weight excluding hydrogens is 220 g/mol. The van der Waals surface area contributed by atoms with E-state index in [-0.39, 0.29) is 17.4 Å². The lowest BCUT2D eigenvalue weighted by atomic mass is 9.74. The van der Waals surface area contributed by atoms with Crippen LogP contribution in [-0.4, -0.2) is 41.5 Å². The van der Waals surface area contributed by atoms with E-state index in [0.717, 1.165) is 5.71 Å². The number of piperidine rings is 1. The lowest BCUT2D eigenvalue weighted by Gasteiger charge is -2.45. The van der Waals surface area contributed by atoms with Crippen molar-refractivity contribution >= 4 is 11.8 Å². The minimum atomic E-state index is -0.853. The van der Waals surface area contributed by atoms with Crippen molar-refractivity contribution in [2.75, 3.05) is 13.7 Å². The van der Waals surface area contributed by atoms with Gasteiger partial charge in [0.1, 0.15) is 7.11 Å². The molecule has 1 aliphatic rings. The molecule has 1 rings (SSSR count). The number of carbonyl (C=O) groups is 1. The van der Waals surface area contributed by atoms with Crippen molar-refractivity contribution in [1.82, 2.24) is 4.90 Å². The largest absolute Gasteiger partial charge is 0.465 e. The van der Waals surface area contributed by atoms with Crippen molar-refractivity contribution in [2.24, 2.45) is 16.5 Å². The second-order valence-electron chi connectivity index (χ2n) is 5.59. The van der Waals surface area contributed by atoms with Crippen LogP contribution >= 0.6 is 0 Å². The van der Waals surface area contributed by atoms with Crippen LogP contribution in [0, 0.1) is 11.3 Å². The highest BCUT2D eigenvalue weighted by atomic mass is 16.6. The van der Waals surface area contributed by atoms with Crippen molar-refractivity contribution in [1.29, 1.82) is 0 Å². The summed E-state index contributed by atoms with van der Waals surface area (Å²) in [4.78, 5) is 17.6. The Hall–Kier alpha value is -1.26. The van der Waals surface area contributed by atoms with E-state index in [1.807, 2.05) is 6.92 Å². The van der Waals surface area contributed by atoms with Gasteiger partial charge < -0.3 is 14.8 Å². The van der Waals surface area contributed by atoms with Crippen molar-refractivity contribution in [3.63, 3.8) is 0 Å². The van der Waals surface area contributed by atoms with Crippen LogP contribution < -0.4 is 0 Å². The van der Waals surface area contributed by atoms with Crippen LogP contribution in [0.3, 0.4) is 0 Å². The number of amides is 1. The van der Waals surface area contributed by atoms with Gasteiger partial charge in [0.15, 0.2) is 0 Å². The first kappa shape index (κ1) is 13.8. The van der Waals surface area contributed by atoms with Gasteiger partial charge in [-0.1, -0.05) is 32.9 Å². The number of likely N-dealkylation sites (tertiary alicyclic amines) is 1. The zero-order valence-corrected chi connectivity index (χ0v) is 11.2. The molecule has 2 atom stereocenters. The second kappa shape index (κ2) is 4.94.